The molecule has 1 aromatic carbocycles. The topological polar surface area (TPSA) is 75.0 Å². The Morgan fingerprint density at radius 1 is 1.22 bits per heavy atom. The molecule has 6 nitrogen and oxygen atoms in total. The molecule has 0 aliphatic carbocycles. The van der Waals surface area contributed by atoms with Gasteiger partial charge in [0.1, 0.15) is 11.6 Å². The first kappa shape index (κ1) is 16.4. The van der Waals surface area contributed by atoms with Crippen LogP contribution in [0.25, 0.3) is 0 Å². The maximum Gasteiger partial charge on any atom is 0.204 e. The summed E-state index contributed by atoms with van der Waals surface area (Å²) in [4.78, 5) is 24.2. The maximum atomic E-state index is 13.1. The lowest BCUT2D eigenvalue weighted by molar-refractivity contribution is 0.0602. The van der Waals surface area contributed by atoms with Crippen molar-refractivity contribution in [3.8, 4) is 5.75 Å². The van der Waals surface area contributed by atoms with Gasteiger partial charge in [-0.15, -0.1) is 0 Å². The van der Waals surface area contributed by atoms with Gasteiger partial charge in [0.2, 0.25) is 5.78 Å². The van der Waals surface area contributed by atoms with E-state index in [1.165, 1.54) is 0 Å². The number of carbonyl (C=O) groups excluding carboxylic acids is 1. The molecule has 0 bridgehead atoms. The quantitative estimate of drug-likeness (QED) is 0.843. The number of aryl methyl sites for hydroxylation is 3. The van der Waals surface area contributed by atoms with E-state index in [-0.39, 0.29) is 5.78 Å². The highest BCUT2D eigenvalue weighted by molar-refractivity contribution is 6.28. The van der Waals surface area contributed by atoms with Gasteiger partial charge >= 0.3 is 0 Å². The third kappa shape index (κ3) is 2.33. The molecular formula is C21H21N3O3. The Balaban J connectivity index is 1.62. The van der Waals surface area contributed by atoms with Crippen LogP contribution >= 0.6 is 0 Å². The number of benzene rings is 1. The Kier molecular flexibility index (Phi) is 3.43. The summed E-state index contributed by atoms with van der Waals surface area (Å²) in [5, 5.41) is 11.2. The summed E-state index contributed by atoms with van der Waals surface area (Å²) in [7, 11) is 0. The summed E-state index contributed by atoms with van der Waals surface area (Å²) in [5.41, 5.74) is 3.39. The zero-order chi connectivity index (χ0) is 18.8. The Hall–Kier alpha value is -2.73. The first-order valence-electron chi connectivity index (χ1n) is 9.34. The highest BCUT2D eigenvalue weighted by atomic mass is 16.5. The monoisotopic (exact) mass is 363 g/mol. The molecule has 27 heavy (non-hydrogen) atoms. The third-order valence-corrected chi connectivity index (χ3v) is 5.82. The summed E-state index contributed by atoms with van der Waals surface area (Å²) < 4.78 is 5.73. The number of aliphatic hydroxyl groups is 1. The molecule has 1 saturated heterocycles. The van der Waals surface area contributed by atoms with Gasteiger partial charge in [-0.3, -0.25) is 9.78 Å². The number of Topliss-reactive ketones (excluding diaryl/α,β-unsaturated/α-hetero) is 1. The number of hydrogen-bond acceptors (Lipinski definition) is 6. The van der Waals surface area contributed by atoms with Crippen molar-refractivity contribution in [3.63, 3.8) is 0 Å². The smallest absolute Gasteiger partial charge is 0.204 e. The van der Waals surface area contributed by atoms with Gasteiger partial charge in [0.15, 0.2) is 5.60 Å². The van der Waals surface area contributed by atoms with Crippen LogP contribution in [0, 0.1) is 13.8 Å². The average Bonchev–Trinajstić information content (AvgIpc) is 3.01. The Morgan fingerprint density at radius 3 is 2.89 bits per heavy atom. The minimum absolute atomic E-state index is 0.268. The summed E-state index contributed by atoms with van der Waals surface area (Å²) in [6.07, 6.45) is 3.97. The van der Waals surface area contributed by atoms with Gasteiger partial charge in [-0.25, -0.2) is 4.99 Å². The van der Waals surface area contributed by atoms with E-state index >= 15 is 0 Å². The van der Waals surface area contributed by atoms with Crippen molar-refractivity contribution in [1.29, 1.82) is 0 Å². The SMILES string of the molecule is Cc1cc2c(cc1C)C(=O)[C@]1(O)CCN(c3cnc4c(c3)OCCC4)C1=N2. The van der Waals surface area contributed by atoms with Crippen molar-refractivity contribution in [1.82, 2.24) is 4.98 Å². The van der Waals surface area contributed by atoms with Crippen LogP contribution in [0.5, 0.6) is 5.75 Å². The molecule has 3 aliphatic heterocycles. The van der Waals surface area contributed by atoms with E-state index in [9.17, 15) is 9.90 Å². The van der Waals surface area contributed by atoms with Crippen molar-refractivity contribution in [2.45, 2.75) is 38.7 Å². The van der Waals surface area contributed by atoms with Gasteiger partial charge in [-0.2, -0.15) is 0 Å². The molecular weight excluding hydrogens is 342 g/mol. The highest BCUT2D eigenvalue weighted by Crippen LogP contribution is 2.41. The summed E-state index contributed by atoms with van der Waals surface area (Å²) in [6.45, 7) is 5.16. The normalized spacial score (nSPS) is 23.3. The van der Waals surface area contributed by atoms with E-state index in [4.69, 9.17) is 9.73 Å². The first-order chi connectivity index (χ1) is 13.0. The first-order valence-corrected chi connectivity index (χ1v) is 9.34. The average molecular weight is 363 g/mol. The molecule has 0 unspecified atom stereocenters. The van der Waals surface area contributed by atoms with Crippen molar-refractivity contribution in [2.75, 3.05) is 18.1 Å². The van der Waals surface area contributed by atoms with E-state index in [0.29, 0.717) is 36.7 Å². The Labute approximate surface area is 157 Å². The number of ketones is 1. The van der Waals surface area contributed by atoms with Crippen LogP contribution in [-0.4, -0.2) is 40.5 Å². The molecule has 0 saturated carbocycles. The zero-order valence-electron chi connectivity index (χ0n) is 15.5. The second-order valence-corrected chi connectivity index (χ2v) is 7.57. The van der Waals surface area contributed by atoms with Crippen LogP contribution in [0.15, 0.2) is 29.4 Å². The Morgan fingerprint density at radius 2 is 2.04 bits per heavy atom. The molecule has 1 atom stereocenters. The lowest BCUT2D eigenvalue weighted by Crippen LogP contribution is -2.48. The van der Waals surface area contributed by atoms with Crippen LogP contribution in [0.2, 0.25) is 0 Å². The van der Waals surface area contributed by atoms with Gasteiger partial charge in [0.05, 0.1) is 29.9 Å². The van der Waals surface area contributed by atoms with E-state index in [1.807, 2.05) is 36.9 Å². The molecule has 6 heteroatoms. The number of aromatic nitrogens is 1. The number of anilines is 1. The van der Waals surface area contributed by atoms with Crippen LogP contribution in [0.3, 0.4) is 0 Å². The van der Waals surface area contributed by atoms with Crippen LogP contribution in [-0.2, 0) is 6.42 Å². The number of aliphatic imine (C=N–C) groups is 1. The second kappa shape index (κ2) is 5.63. The molecule has 4 heterocycles. The predicted octanol–water partition coefficient (Wildman–Crippen LogP) is 2.89. The summed E-state index contributed by atoms with van der Waals surface area (Å²) in [6, 6.07) is 5.69. The number of carbonyl (C=O) groups is 1. The maximum absolute atomic E-state index is 13.1. The number of nitrogens with zero attached hydrogens (tertiary/aromatic N) is 3. The van der Waals surface area contributed by atoms with Crippen molar-refractivity contribution >= 4 is 23.0 Å². The van der Waals surface area contributed by atoms with Crippen LogP contribution < -0.4 is 9.64 Å². The van der Waals surface area contributed by atoms with E-state index in [0.717, 1.165) is 41.1 Å². The Bertz CT molecular complexity index is 1010. The van der Waals surface area contributed by atoms with Crippen LogP contribution in [0.1, 0.15) is 40.0 Å². The molecule has 0 amide bonds. The molecule has 1 fully saturated rings. The second-order valence-electron chi connectivity index (χ2n) is 7.57. The molecule has 0 radical (unpaired) electrons. The predicted molar refractivity (Wildman–Crippen MR) is 102 cm³/mol. The number of rotatable bonds is 1. The minimum Gasteiger partial charge on any atom is -0.492 e. The largest absolute Gasteiger partial charge is 0.492 e. The fourth-order valence-electron chi connectivity index (χ4n) is 4.09. The lowest BCUT2D eigenvalue weighted by atomic mass is 9.86. The minimum atomic E-state index is -1.58. The third-order valence-electron chi connectivity index (χ3n) is 5.82. The van der Waals surface area contributed by atoms with Gasteiger partial charge in [-0.1, -0.05) is 0 Å². The fraction of sp³-hybridized carbons (Fsp3) is 0.381. The van der Waals surface area contributed by atoms with Gasteiger partial charge in [-0.05, 0) is 49.9 Å². The number of fused-ring (bicyclic) bond motifs is 3. The van der Waals surface area contributed by atoms with Gasteiger partial charge in [0.25, 0.3) is 0 Å². The van der Waals surface area contributed by atoms with Crippen molar-refractivity contribution in [2.24, 2.45) is 4.99 Å². The number of ether oxygens (including phenoxy) is 1. The molecule has 0 spiro atoms. The number of hydrogen-bond donors (Lipinski definition) is 1. The van der Waals surface area contributed by atoms with Crippen LogP contribution in [0.4, 0.5) is 11.4 Å². The van der Waals surface area contributed by atoms with E-state index < -0.39 is 5.60 Å². The molecule has 3 aliphatic rings. The molecule has 1 aromatic heterocycles. The molecule has 5 rings (SSSR count). The van der Waals surface area contributed by atoms with Gasteiger partial charge < -0.3 is 14.7 Å². The van der Waals surface area contributed by atoms with E-state index in [2.05, 4.69) is 4.98 Å². The molecule has 138 valence electrons. The zero-order valence-corrected chi connectivity index (χ0v) is 15.5. The summed E-state index contributed by atoms with van der Waals surface area (Å²) in [5.74, 6) is 0.903. The highest BCUT2D eigenvalue weighted by Gasteiger charge is 2.52. The van der Waals surface area contributed by atoms with Crippen molar-refractivity contribution < 1.29 is 14.6 Å². The molecule has 2 aromatic rings. The summed E-state index contributed by atoms with van der Waals surface area (Å²) >= 11 is 0. The standard InChI is InChI=1S/C21H21N3O3/c1-12-8-15-17(9-13(12)2)23-20-21(26,19(15)25)5-6-24(20)14-10-18-16(22-11-14)4-3-7-27-18/h8-11,26H,3-7H2,1-2H3/t21-/m1/s1. The number of pyridine rings is 1. The van der Waals surface area contributed by atoms with Crippen molar-refractivity contribution in [3.05, 3.63) is 46.8 Å². The lowest BCUT2D eigenvalue weighted by Gasteiger charge is -2.30. The van der Waals surface area contributed by atoms with Gasteiger partial charge in [0, 0.05) is 24.6 Å². The van der Waals surface area contributed by atoms with E-state index in [1.54, 1.807) is 6.20 Å². The number of amidine groups is 1. The molecule has 1 N–H and O–H groups in total. The fourth-order valence-corrected chi connectivity index (χ4v) is 4.09.